The zero-order valence-electron chi connectivity index (χ0n) is 16.4. The zero-order valence-corrected chi connectivity index (χ0v) is 16.4. The molecule has 0 spiro atoms. The van der Waals surface area contributed by atoms with Gasteiger partial charge in [0.25, 0.3) is 0 Å². The molecule has 0 aliphatic heterocycles. The van der Waals surface area contributed by atoms with E-state index in [0.29, 0.717) is 30.7 Å². The molecule has 0 unspecified atom stereocenters. The van der Waals surface area contributed by atoms with Crippen molar-refractivity contribution in [1.82, 2.24) is 5.32 Å². The van der Waals surface area contributed by atoms with Gasteiger partial charge >= 0.3 is 5.97 Å². The van der Waals surface area contributed by atoms with Crippen LogP contribution in [0.2, 0.25) is 0 Å². The monoisotopic (exact) mass is 393 g/mol. The SMILES string of the molecule is COC(=O)c1cc(CNC(=O)CCc2ccc(-c3ccccc3)o2)ccc1OC. The van der Waals surface area contributed by atoms with E-state index in [1.807, 2.05) is 42.5 Å². The van der Waals surface area contributed by atoms with Crippen LogP contribution in [0.1, 0.15) is 28.1 Å². The van der Waals surface area contributed by atoms with Crippen LogP contribution in [0.25, 0.3) is 11.3 Å². The molecule has 0 fully saturated rings. The molecule has 1 aromatic heterocycles. The van der Waals surface area contributed by atoms with Crippen molar-refractivity contribution in [2.24, 2.45) is 0 Å². The lowest BCUT2D eigenvalue weighted by atomic mass is 10.1. The van der Waals surface area contributed by atoms with E-state index in [9.17, 15) is 9.59 Å². The van der Waals surface area contributed by atoms with Crippen LogP contribution >= 0.6 is 0 Å². The second-order valence-electron chi connectivity index (χ2n) is 6.43. The van der Waals surface area contributed by atoms with Gasteiger partial charge in [-0.1, -0.05) is 36.4 Å². The minimum Gasteiger partial charge on any atom is -0.496 e. The molecule has 1 heterocycles. The van der Waals surface area contributed by atoms with Crippen LogP contribution in [-0.2, 0) is 22.5 Å². The first-order chi connectivity index (χ1) is 14.1. The van der Waals surface area contributed by atoms with Crippen molar-refractivity contribution in [3.63, 3.8) is 0 Å². The Balaban J connectivity index is 1.53. The van der Waals surface area contributed by atoms with E-state index in [1.165, 1.54) is 14.2 Å². The highest BCUT2D eigenvalue weighted by molar-refractivity contribution is 5.92. The van der Waals surface area contributed by atoms with Gasteiger partial charge in [0.2, 0.25) is 5.91 Å². The standard InChI is InChI=1S/C23H23NO5/c1-27-21-11-8-16(14-19(21)23(26)28-2)15-24-22(25)13-10-18-9-12-20(29-18)17-6-4-3-5-7-17/h3-9,11-12,14H,10,13,15H2,1-2H3,(H,24,25). The fraction of sp³-hybridized carbons (Fsp3) is 0.217. The first-order valence-corrected chi connectivity index (χ1v) is 9.26. The van der Waals surface area contributed by atoms with Crippen LogP contribution in [0.5, 0.6) is 5.75 Å². The number of furan rings is 1. The zero-order chi connectivity index (χ0) is 20.6. The quantitative estimate of drug-likeness (QED) is 0.586. The second kappa shape index (κ2) is 9.59. The minimum absolute atomic E-state index is 0.0990. The van der Waals surface area contributed by atoms with Crippen LogP contribution in [0.3, 0.4) is 0 Å². The average molecular weight is 393 g/mol. The molecule has 6 heteroatoms. The molecule has 0 aliphatic rings. The lowest BCUT2D eigenvalue weighted by Crippen LogP contribution is -2.23. The number of hydrogen-bond donors (Lipinski definition) is 1. The summed E-state index contributed by atoms with van der Waals surface area (Å²) in [4.78, 5) is 24.0. The Morgan fingerprint density at radius 3 is 2.52 bits per heavy atom. The lowest BCUT2D eigenvalue weighted by Gasteiger charge is -2.10. The number of aryl methyl sites for hydroxylation is 1. The van der Waals surface area contributed by atoms with Crippen LogP contribution in [0, 0.1) is 0 Å². The van der Waals surface area contributed by atoms with Gasteiger partial charge in [-0.3, -0.25) is 4.79 Å². The Labute approximate surface area is 169 Å². The molecule has 3 rings (SSSR count). The van der Waals surface area contributed by atoms with E-state index in [-0.39, 0.29) is 5.91 Å². The first-order valence-electron chi connectivity index (χ1n) is 9.26. The number of amides is 1. The molecule has 0 atom stereocenters. The summed E-state index contributed by atoms with van der Waals surface area (Å²) in [5.41, 5.74) is 2.11. The van der Waals surface area contributed by atoms with Crippen LogP contribution in [0.4, 0.5) is 0 Å². The molecular formula is C23H23NO5. The van der Waals surface area contributed by atoms with E-state index < -0.39 is 5.97 Å². The van der Waals surface area contributed by atoms with Gasteiger partial charge in [-0.05, 0) is 29.8 Å². The molecule has 150 valence electrons. The Kier molecular flexibility index (Phi) is 6.68. The number of nitrogens with one attached hydrogen (secondary N) is 1. The summed E-state index contributed by atoms with van der Waals surface area (Å²) in [6, 6.07) is 18.8. The van der Waals surface area contributed by atoms with Crippen LogP contribution in [0.15, 0.2) is 65.1 Å². The summed E-state index contributed by atoms with van der Waals surface area (Å²) in [6.45, 7) is 0.306. The van der Waals surface area contributed by atoms with Crippen LogP contribution < -0.4 is 10.1 Å². The van der Waals surface area contributed by atoms with Crippen LogP contribution in [-0.4, -0.2) is 26.1 Å². The topological polar surface area (TPSA) is 77.8 Å². The molecular weight excluding hydrogens is 370 g/mol. The summed E-state index contributed by atoms with van der Waals surface area (Å²) < 4.78 is 15.8. The number of ether oxygens (including phenoxy) is 2. The maximum Gasteiger partial charge on any atom is 0.341 e. The minimum atomic E-state index is -0.484. The Hall–Kier alpha value is -3.54. The number of carbonyl (C=O) groups is 2. The van der Waals surface area contributed by atoms with Gasteiger partial charge in [-0.2, -0.15) is 0 Å². The van der Waals surface area contributed by atoms with Gasteiger partial charge in [-0.15, -0.1) is 0 Å². The number of methoxy groups -OCH3 is 2. The van der Waals surface area contributed by atoms with Gasteiger partial charge in [-0.25, -0.2) is 4.79 Å². The molecule has 6 nitrogen and oxygen atoms in total. The fourth-order valence-corrected chi connectivity index (χ4v) is 2.93. The predicted octanol–water partition coefficient (Wildman–Crippen LogP) is 3.99. The van der Waals surface area contributed by atoms with E-state index in [0.717, 1.165) is 22.6 Å². The van der Waals surface area contributed by atoms with E-state index in [4.69, 9.17) is 13.9 Å². The third kappa shape index (κ3) is 5.25. The molecule has 0 saturated heterocycles. The Bertz CT molecular complexity index is 978. The fourth-order valence-electron chi connectivity index (χ4n) is 2.93. The smallest absolute Gasteiger partial charge is 0.341 e. The average Bonchev–Trinajstić information content (AvgIpc) is 3.25. The van der Waals surface area contributed by atoms with E-state index in [1.54, 1.807) is 18.2 Å². The van der Waals surface area contributed by atoms with E-state index in [2.05, 4.69) is 5.32 Å². The second-order valence-corrected chi connectivity index (χ2v) is 6.43. The van der Waals surface area contributed by atoms with Crippen molar-refractivity contribution in [3.8, 4) is 17.1 Å². The summed E-state index contributed by atoms with van der Waals surface area (Å²) in [5, 5.41) is 2.86. The number of esters is 1. The van der Waals surface area contributed by atoms with Gasteiger partial charge in [0.15, 0.2) is 0 Å². The molecule has 0 saturated carbocycles. The highest BCUT2D eigenvalue weighted by atomic mass is 16.5. The van der Waals surface area contributed by atoms with Gasteiger partial charge < -0.3 is 19.2 Å². The molecule has 1 amide bonds. The first kappa shape index (κ1) is 20.2. The van der Waals surface area contributed by atoms with Gasteiger partial charge in [0.05, 0.1) is 14.2 Å². The van der Waals surface area contributed by atoms with Crippen molar-refractivity contribution in [3.05, 3.63) is 77.6 Å². The summed E-state index contributed by atoms with van der Waals surface area (Å²) >= 11 is 0. The number of hydrogen-bond acceptors (Lipinski definition) is 5. The lowest BCUT2D eigenvalue weighted by molar-refractivity contribution is -0.121. The molecule has 0 bridgehead atoms. The molecule has 1 N–H and O–H groups in total. The Morgan fingerprint density at radius 2 is 1.79 bits per heavy atom. The highest BCUT2D eigenvalue weighted by Gasteiger charge is 2.14. The summed E-state index contributed by atoms with van der Waals surface area (Å²) in [7, 11) is 2.80. The van der Waals surface area contributed by atoms with E-state index >= 15 is 0 Å². The molecule has 2 aromatic carbocycles. The van der Waals surface area contributed by atoms with Gasteiger partial charge in [0.1, 0.15) is 22.8 Å². The molecule has 0 radical (unpaired) electrons. The number of rotatable bonds is 8. The number of benzene rings is 2. The Morgan fingerprint density at radius 1 is 1.00 bits per heavy atom. The van der Waals surface area contributed by atoms with Crippen molar-refractivity contribution in [1.29, 1.82) is 0 Å². The number of carbonyl (C=O) groups excluding carboxylic acids is 2. The molecule has 0 aliphatic carbocycles. The maximum absolute atomic E-state index is 12.2. The highest BCUT2D eigenvalue weighted by Crippen LogP contribution is 2.23. The normalized spacial score (nSPS) is 10.4. The van der Waals surface area contributed by atoms with Crippen molar-refractivity contribution in [2.45, 2.75) is 19.4 Å². The summed E-state index contributed by atoms with van der Waals surface area (Å²) in [6.07, 6.45) is 0.816. The third-order valence-corrected chi connectivity index (χ3v) is 4.48. The maximum atomic E-state index is 12.2. The van der Waals surface area contributed by atoms with Gasteiger partial charge in [0, 0.05) is 24.9 Å². The summed E-state index contributed by atoms with van der Waals surface area (Å²) in [5.74, 6) is 1.39. The molecule has 29 heavy (non-hydrogen) atoms. The van der Waals surface area contributed by atoms with Crippen molar-refractivity contribution in [2.75, 3.05) is 14.2 Å². The van der Waals surface area contributed by atoms with Crippen molar-refractivity contribution < 1.29 is 23.5 Å². The molecule has 3 aromatic rings. The predicted molar refractivity (Wildman–Crippen MR) is 109 cm³/mol. The third-order valence-electron chi connectivity index (χ3n) is 4.48. The largest absolute Gasteiger partial charge is 0.496 e. The van der Waals surface area contributed by atoms with Crippen molar-refractivity contribution >= 4 is 11.9 Å².